The number of nitriles is 2. The highest BCUT2D eigenvalue weighted by molar-refractivity contribution is 5.29. The Balaban J connectivity index is 2.92. The smallest absolute Gasteiger partial charge is 0.118 e. The van der Waals surface area contributed by atoms with Gasteiger partial charge in [0.25, 0.3) is 0 Å². The van der Waals surface area contributed by atoms with Crippen LogP contribution in [0.15, 0.2) is 24.3 Å². The molecule has 0 saturated carbocycles. The molecule has 0 heterocycles. The quantitative estimate of drug-likeness (QED) is 0.756. The molecule has 0 aliphatic rings. The molecule has 0 spiro atoms. The summed E-state index contributed by atoms with van der Waals surface area (Å²) in [5.41, 5.74) is 6.72. The molecule has 1 aromatic carbocycles. The van der Waals surface area contributed by atoms with Gasteiger partial charge < -0.3 is 10.5 Å². The topological polar surface area (TPSA) is 86.1 Å². The molecule has 0 fully saturated rings. The van der Waals surface area contributed by atoms with Crippen LogP contribution in [0.25, 0.3) is 0 Å². The van der Waals surface area contributed by atoms with E-state index in [2.05, 4.69) is 12.1 Å². The van der Waals surface area contributed by atoms with E-state index in [9.17, 15) is 0 Å². The van der Waals surface area contributed by atoms with E-state index in [0.717, 1.165) is 11.3 Å². The molecule has 1 atom stereocenters. The van der Waals surface area contributed by atoms with Gasteiger partial charge in [-0.1, -0.05) is 12.1 Å². The lowest BCUT2D eigenvalue weighted by Gasteiger charge is -2.26. The van der Waals surface area contributed by atoms with Crippen LogP contribution in [-0.4, -0.2) is 31.6 Å². The Hall–Kier alpha value is -2.08. The second kappa shape index (κ2) is 7.29. The second-order valence-corrected chi connectivity index (χ2v) is 3.75. The lowest BCUT2D eigenvalue weighted by Crippen LogP contribution is -2.34. The number of rotatable bonds is 6. The number of ether oxygens (including phenoxy) is 1. The summed E-state index contributed by atoms with van der Waals surface area (Å²) in [4.78, 5) is 1.75. The van der Waals surface area contributed by atoms with Crippen LogP contribution in [0.4, 0.5) is 0 Å². The molecular weight excluding hydrogens is 228 g/mol. The molecule has 1 rings (SSSR count). The van der Waals surface area contributed by atoms with Crippen LogP contribution in [-0.2, 0) is 0 Å². The van der Waals surface area contributed by atoms with Gasteiger partial charge in [-0.15, -0.1) is 0 Å². The van der Waals surface area contributed by atoms with Crippen molar-refractivity contribution in [2.24, 2.45) is 5.73 Å². The van der Waals surface area contributed by atoms with Crippen LogP contribution in [0.1, 0.15) is 11.6 Å². The lowest BCUT2D eigenvalue weighted by atomic mass is 10.1. The average Bonchev–Trinajstić information content (AvgIpc) is 2.41. The molecule has 1 unspecified atom stereocenters. The van der Waals surface area contributed by atoms with E-state index in [1.54, 1.807) is 12.0 Å². The zero-order valence-electron chi connectivity index (χ0n) is 10.3. The highest BCUT2D eigenvalue weighted by Gasteiger charge is 2.18. The predicted molar refractivity (Wildman–Crippen MR) is 67.6 cm³/mol. The third-order valence-electron chi connectivity index (χ3n) is 2.71. The zero-order chi connectivity index (χ0) is 13.4. The van der Waals surface area contributed by atoms with Gasteiger partial charge in [0.15, 0.2) is 0 Å². The van der Waals surface area contributed by atoms with Gasteiger partial charge in [0.2, 0.25) is 0 Å². The number of methoxy groups -OCH3 is 1. The first kappa shape index (κ1) is 14.0. The van der Waals surface area contributed by atoms with E-state index in [1.165, 1.54) is 0 Å². The fourth-order valence-electron chi connectivity index (χ4n) is 1.78. The summed E-state index contributed by atoms with van der Waals surface area (Å²) < 4.78 is 5.09. The minimum atomic E-state index is -0.129. The van der Waals surface area contributed by atoms with E-state index in [4.69, 9.17) is 21.0 Å². The van der Waals surface area contributed by atoms with E-state index >= 15 is 0 Å². The monoisotopic (exact) mass is 244 g/mol. The van der Waals surface area contributed by atoms with Crippen molar-refractivity contribution in [3.8, 4) is 17.9 Å². The van der Waals surface area contributed by atoms with Crippen LogP contribution < -0.4 is 10.5 Å². The predicted octanol–water partition coefficient (Wildman–Crippen LogP) is 1.04. The molecule has 5 heteroatoms. The van der Waals surface area contributed by atoms with Gasteiger partial charge in [-0.3, -0.25) is 4.90 Å². The molecular formula is C13H16N4O. The fourth-order valence-corrected chi connectivity index (χ4v) is 1.78. The van der Waals surface area contributed by atoms with Crippen LogP contribution in [0.3, 0.4) is 0 Å². The van der Waals surface area contributed by atoms with Crippen molar-refractivity contribution in [1.29, 1.82) is 10.5 Å². The van der Waals surface area contributed by atoms with Crippen molar-refractivity contribution in [3.05, 3.63) is 29.8 Å². The number of nitrogens with two attached hydrogens (primary N) is 1. The van der Waals surface area contributed by atoms with E-state index < -0.39 is 0 Å². The number of hydrogen-bond acceptors (Lipinski definition) is 5. The summed E-state index contributed by atoms with van der Waals surface area (Å²) in [6.45, 7) is 0.721. The Morgan fingerprint density at radius 2 is 1.78 bits per heavy atom. The Morgan fingerprint density at radius 3 is 2.17 bits per heavy atom. The van der Waals surface area contributed by atoms with Gasteiger partial charge in [0.1, 0.15) is 5.75 Å². The molecule has 94 valence electrons. The Morgan fingerprint density at radius 1 is 1.22 bits per heavy atom. The highest BCUT2D eigenvalue weighted by Crippen LogP contribution is 2.21. The first-order valence-corrected chi connectivity index (χ1v) is 5.58. The van der Waals surface area contributed by atoms with Gasteiger partial charge in [-0.05, 0) is 17.7 Å². The molecule has 0 aliphatic heterocycles. The van der Waals surface area contributed by atoms with Crippen molar-refractivity contribution in [3.63, 3.8) is 0 Å². The summed E-state index contributed by atoms with van der Waals surface area (Å²) in [5.74, 6) is 0.765. The standard InChI is InChI=1S/C13H16N4O/c1-18-12-4-2-11(3-5-12)13(10-16)17(8-6-14)9-7-15/h2-5,13H,8-10,16H2,1H3. The van der Waals surface area contributed by atoms with Crippen molar-refractivity contribution >= 4 is 0 Å². The SMILES string of the molecule is COc1ccc(C(CN)N(CC#N)CC#N)cc1. The van der Waals surface area contributed by atoms with Crippen LogP contribution in [0.5, 0.6) is 5.75 Å². The van der Waals surface area contributed by atoms with Crippen molar-refractivity contribution in [1.82, 2.24) is 4.90 Å². The largest absolute Gasteiger partial charge is 0.497 e. The molecule has 0 aromatic heterocycles. The van der Waals surface area contributed by atoms with Gasteiger partial charge in [-0.2, -0.15) is 10.5 Å². The zero-order valence-corrected chi connectivity index (χ0v) is 10.3. The Kier molecular flexibility index (Phi) is 5.66. The molecule has 0 saturated heterocycles. The minimum absolute atomic E-state index is 0.129. The summed E-state index contributed by atoms with van der Waals surface area (Å²) in [6, 6.07) is 11.5. The third kappa shape index (κ3) is 3.46. The second-order valence-electron chi connectivity index (χ2n) is 3.75. The summed E-state index contributed by atoms with van der Waals surface area (Å²) in [7, 11) is 1.60. The molecule has 0 bridgehead atoms. The number of benzene rings is 1. The summed E-state index contributed by atoms with van der Waals surface area (Å²) in [6.07, 6.45) is 0. The highest BCUT2D eigenvalue weighted by atomic mass is 16.5. The molecule has 2 N–H and O–H groups in total. The fraction of sp³-hybridized carbons (Fsp3) is 0.385. The van der Waals surface area contributed by atoms with E-state index in [-0.39, 0.29) is 19.1 Å². The van der Waals surface area contributed by atoms with E-state index in [0.29, 0.717) is 6.54 Å². The van der Waals surface area contributed by atoms with Gasteiger partial charge in [-0.25, -0.2) is 0 Å². The van der Waals surface area contributed by atoms with Gasteiger partial charge in [0.05, 0.1) is 32.3 Å². The summed E-state index contributed by atoms with van der Waals surface area (Å²) >= 11 is 0. The first-order valence-electron chi connectivity index (χ1n) is 5.58. The van der Waals surface area contributed by atoms with Crippen LogP contribution >= 0.6 is 0 Å². The average molecular weight is 244 g/mol. The maximum atomic E-state index is 8.77. The van der Waals surface area contributed by atoms with Crippen LogP contribution in [0, 0.1) is 22.7 Å². The number of hydrogen-bond donors (Lipinski definition) is 1. The van der Waals surface area contributed by atoms with Crippen molar-refractivity contribution < 1.29 is 4.74 Å². The van der Waals surface area contributed by atoms with Crippen molar-refractivity contribution in [2.45, 2.75) is 6.04 Å². The minimum Gasteiger partial charge on any atom is -0.497 e. The summed E-state index contributed by atoms with van der Waals surface area (Å²) in [5, 5.41) is 17.5. The van der Waals surface area contributed by atoms with Crippen molar-refractivity contribution in [2.75, 3.05) is 26.7 Å². The normalized spacial score (nSPS) is 11.6. The van der Waals surface area contributed by atoms with Crippen LogP contribution in [0.2, 0.25) is 0 Å². The molecule has 0 amide bonds. The maximum absolute atomic E-state index is 8.77. The van der Waals surface area contributed by atoms with Gasteiger partial charge in [0, 0.05) is 12.6 Å². The molecule has 0 radical (unpaired) electrons. The van der Waals surface area contributed by atoms with E-state index in [1.807, 2.05) is 24.3 Å². The molecule has 0 aliphatic carbocycles. The maximum Gasteiger partial charge on any atom is 0.118 e. The third-order valence-corrected chi connectivity index (χ3v) is 2.71. The lowest BCUT2D eigenvalue weighted by molar-refractivity contribution is 0.254. The molecule has 5 nitrogen and oxygen atoms in total. The molecule has 18 heavy (non-hydrogen) atoms. The Labute approximate surface area is 107 Å². The Bertz CT molecular complexity index is 428. The van der Waals surface area contributed by atoms with Gasteiger partial charge >= 0.3 is 0 Å². The number of nitrogens with zero attached hydrogens (tertiary/aromatic N) is 3. The first-order chi connectivity index (χ1) is 8.76. The molecule has 1 aromatic rings.